The van der Waals surface area contributed by atoms with Crippen molar-refractivity contribution >= 4 is 5.95 Å². The molecule has 0 aliphatic heterocycles. The fourth-order valence-electron chi connectivity index (χ4n) is 2.28. The van der Waals surface area contributed by atoms with Gasteiger partial charge in [0.2, 0.25) is 5.95 Å². The second kappa shape index (κ2) is 6.34. The van der Waals surface area contributed by atoms with Gasteiger partial charge in [0.1, 0.15) is 0 Å². The van der Waals surface area contributed by atoms with E-state index in [1.807, 2.05) is 42.9 Å². The summed E-state index contributed by atoms with van der Waals surface area (Å²) in [6.07, 6.45) is 6.26. The van der Waals surface area contributed by atoms with Gasteiger partial charge in [0.25, 0.3) is 0 Å². The Morgan fingerprint density at radius 3 is 2.82 bits per heavy atom. The number of nitrogens with one attached hydrogen (secondary N) is 1. The lowest BCUT2D eigenvalue weighted by atomic mass is 10.2. The van der Waals surface area contributed by atoms with Gasteiger partial charge in [-0.3, -0.25) is 4.98 Å². The molecule has 3 heterocycles. The number of pyridine rings is 1. The Kier molecular flexibility index (Phi) is 4.09. The van der Waals surface area contributed by atoms with Crippen molar-refractivity contribution in [1.82, 2.24) is 24.7 Å². The molecule has 0 unspecified atom stereocenters. The maximum atomic E-state index is 4.51. The Bertz CT molecular complexity index is 750. The molecule has 0 saturated heterocycles. The van der Waals surface area contributed by atoms with Crippen molar-refractivity contribution in [1.29, 1.82) is 0 Å². The van der Waals surface area contributed by atoms with E-state index in [1.165, 1.54) is 5.56 Å². The lowest BCUT2D eigenvalue weighted by Crippen LogP contribution is -2.10. The summed E-state index contributed by atoms with van der Waals surface area (Å²) in [6.45, 7) is 4.74. The van der Waals surface area contributed by atoms with Gasteiger partial charge in [-0.05, 0) is 38.0 Å². The monoisotopic (exact) mass is 294 g/mol. The summed E-state index contributed by atoms with van der Waals surface area (Å²) in [5.41, 5.74) is 3.21. The average Bonchev–Trinajstić information content (AvgIpc) is 2.87. The highest BCUT2D eigenvalue weighted by atomic mass is 15.3. The van der Waals surface area contributed by atoms with E-state index in [0.717, 1.165) is 30.2 Å². The van der Waals surface area contributed by atoms with Crippen LogP contribution >= 0.6 is 0 Å². The smallest absolute Gasteiger partial charge is 0.224 e. The minimum Gasteiger partial charge on any atom is -0.354 e. The molecule has 6 heteroatoms. The number of rotatable bonds is 5. The van der Waals surface area contributed by atoms with E-state index < -0.39 is 0 Å². The second-order valence-electron chi connectivity index (χ2n) is 5.12. The van der Waals surface area contributed by atoms with Crippen LogP contribution in [0.5, 0.6) is 0 Å². The SMILES string of the molecule is Cc1cc(C)n(-c2ccnc(NCCc3cccnc3)n2)n1. The number of anilines is 1. The van der Waals surface area contributed by atoms with Gasteiger partial charge in [0.05, 0.1) is 5.69 Å². The molecule has 0 bridgehead atoms. The predicted octanol–water partition coefficient (Wildman–Crippen LogP) is 2.33. The van der Waals surface area contributed by atoms with Crippen LogP contribution < -0.4 is 5.32 Å². The molecule has 0 aliphatic rings. The maximum Gasteiger partial charge on any atom is 0.224 e. The highest BCUT2D eigenvalue weighted by Crippen LogP contribution is 2.10. The Balaban J connectivity index is 1.68. The molecular formula is C16H18N6. The van der Waals surface area contributed by atoms with Crippen molar-refractivity contribution in [2.75, 3.05) is 11.9 Å². The fourth-order valence-corrected chi connectivity index (χ4v) is 2.28. The van der Waals surface area contributed by atoms with Crippen LogP contribution in [0.3, 0.4) is 0 Å². The first-order chi connectivity index (χ1) is 10.7. The number of hydrogen-bond acceptors (Lipinski definition) is 5. The number of nitrogens with zero attached hydrogens (tertiary/aromatic N) is 5. The van der Waals surface area contributed by atoms with Gasteiger partial charge < -0.3 is 5.32 Å². The van der Waals surface area contributed by atoms with E-state index in [-0.39, 0.29) is 0 Å². The zero-order valence-electron chi connectivity index (χ0n) is 12.7. The van der Waals surface area contributed by atoms with Crippen LogP contribution in [0.2, 0.25) is 0 Å². The first-order valence-corrected chi connectivity index (χ1v) is 7.22. The molecule has 112 valence electrons. The van der Waals surface area contributed by atoms with Gasteiger partial charge in [0, 0.05) is 36.9 Å². The van der Waals surface area contributed by atoms with Crippen molar-refractivity contribution < 1.29 is 0 Å². The van der Waals surface area contributed by atoms with Crippen molar-refractivity contribution in [2.24, 2.45) is 0 Å². The zero-order valence-corrected chi connectivity index (χ0v) is 12.7. The van der Waals surface area contributed by atoms with Crippen LogP contribution in [0.15, 0.2) is 42.9 Å². The van der Waals surface area contributed by atoms with E-state index >= 15 is 0 Å². The third-order valence-electron chi connectivity index (χ3n) is 3.29. The fraction of sp³-hybridized carbons (Fsp3) is 0.250. The highest BCUT2D eigenvalue weighted by molar-refractivity contribution is 5.33. The molecule has 0 aromatic carbocycles. The Hall–Kier alpha value is -2.76. The summed E-state index contributed by atoms with van der Waals surface area (Å²) in [5.74, 6) is 1.37. The normalized spacial score (nSPS) is 10.6. The molecule has 0 aliphatic carbocycles. The quantitative estimate of drug-likeness (QED) is 0.782. The molecule has 0 amide bonds. The van der Waals surface area contributed by atoms with Crippen LogP contribution in [-0.2, 0) is 6.42 Å². The molecule has 0 atom stereocenters. The Morgan fingerprint density at radius 2 is 2.09 bits per heavy atom. The highest BCUT2D eigenvalue weighted by Gasteiger charge is 2.06. The van der Waals surface area contributed by atoms with Crippen LogP contribution in [0, 0.1) is 13.8 Å². The lowest BCUT2D eigenvalue weighted by Gasteiger charge is -2.07. The number of hydrogen-bond donors (Lipinski definition) is 1. The van der Waals surface area contributed by atoms with E-state index in [0.29, 0.717) is 5.95 Å². The van der Waals surface area contributed by atoms with E-state index in [2.05, 4.69) is 31.4 Å². The summed E-state index contributed by atoms with van der Waals surface area (Å²) in [4.78, 5) is 12.9. The average molecular weight is 294 g/mol. The van der Waals surface area contributed by atoms with Crippen molar-refractivity contribution in [3.63, 3.8) is 0 Å². The lowest BCUT2D eigenvalue weighted by molar-refractivity contribution is 0.800. The molecule has 6 nitrogen and oxygen atoms in total. The molecule has 3 aromatic heterocycles. The Labute approximate surface area is 129 Å². The van der Waals surface area contributed by atoms with Crippen LogP contribution in [-0.4, -0.2) is 31.3 Å². The van der Waals surface area contributed by atoms with Crippen molar-refractivity contribution in [3.05, 3.63) is 59.8 Å². The first-order valence-electron chi connectivity index (χ1n) is 7.22. The van der Waals surface area contributed by atoms with Gasteiger partial charge >= 0.3 is 0 Å². The predicted molar refractivity (Wildman–Crippen MR) is 85.1 cm³/mol. The van der Waals surface area contributed by atoms with E-state index in [9.17, 15) is 0 Å². The Morgan fingerprint density at radius 1 is 1.18 bits per heavy atom. The minimum atomic E-state index is 0.606. The summed E-state index contributed by atoms with van der Waals surface area (Å²) in [6, 6.07) is 7.88. The number of aromatic nitrogens is 5. The first kappa shape index (κ1) is 14.2. The summed E-state index contributed by atoms with van der Waals surface area (Å²) >= 11 is 0. The third-order valence-corrected chi connectivity index (χ3v) is 3.29. The van der Waals surface area contributed by atoms with Crippen molar-refractivity contribution in [2.45, 2.75) is 20.3 Å². The molecular weight excluding hydrogens is 276 g/mol. The molecule has 0 fully saturated rings. The number of aryl methyl sites for hydroxylation is 2. The topological polar surface area (TPSA) is 68.5 Å². The molecule has 1 N–H and O–H groups in total. The van der Waals surface area contributed by atoms with Gasteiger partial charge in [0.15, 0.2) is 5.82 Å². The van der Waals surface area contributed by atoms with Crippen LogP contribution in [0.1, 0.15) is 17.0 Å². The van der Waals surface area contributed by atoms with E-state index in [1.54, 1.807) is 12.4 Å². The molecule has 0 radical (unpaired) electrons. The van der Waals surface area contributed by atoms with Crippen LogP contribution in [0.4, 0.5) is 5.95 Å². The second-order valence-corrected chi connectivity index (χ2v) is 5.12. The zero-order chi connectivity index (χ0) is 15.4. The third kappa shape index (κ3) is 3.28. The summed E-state index contributed by atoms with van der Waals surface area (Å²) < 4.78 is 1.82. The van der Waals surface area contributed by atoms with Crippen LogP contribution in [0.25, 0.3) is 5.82 Å². The molecule has 0 spiro atoms. The summed E-state index contributed by atoms with van der Waals surface area (Å²) in [7, 11) is 0. The largest absolute Gasteiger partial charge is 0.354 e. The van der Waals surface area contributed by atoms with Gasteiger partial charge in [-0.15, -0.1) is 0 Å². The molecule has 3 rings (SSSR count). The van der Waals surface area contributed by atoms with Gasteiger partial charge in [-0.2, -0.15) is 10.1 Å². The summed E-state index contributed by atoms with van der Waals surface area (Å²) in [5, 5.41) is 7.68. The molecule has 0 saturated carbocycles. The maximum absolute atomic E-state index is 4.51. The minimum absolute atomic E-state index is 0.606. The van der Waals surface area contributed by atoms with Gasteiger partial charge in [-0.1, -0.05) is 6.07 Å². The molecule has 22 heavy (non-hydrogen) atoms. The van der Waals surface area contributed by atoms with E-state index in [4.69, 9.17) is 0 Å². The van der Waals surface area contributed by atoms with Crippen molar-refractivity contribution in [3.8, 4) is 5.82 Å². The molecule has 3 aromatic rings. The standard InChI is InChI=1S/C16H18N6/c1-12-10-13(2)22(21-12)15-6-9-19-16(20-15)18-8-5-14-4-3-7-17-11-14/h3-4,6-7,9-11H,5,8H2,1-2H3,(H,18,19,20). The van der Waals surface area contributed by atoms with Gasteiger partial charge in [-0.25, -0.2) is 9.67 Å².